The predicted molar refractivity (Wildman–Crippen MR) is 133 cm³/mol. The van der Waals surface area contributed by atoms with E-state index in [1.165, 1.54) is 19.1 Å². The van der Waals surface area contributed by atoms with Crippen molar-refractivity contribution in [2.75, 3.05) is 13.1 Å². The zero-order valence-electron chi connectivity index (χ0n) is 20.6. The number of sulfonamides is 1. The molecule has 8 nitrogen and oxygen atoms in total. The Kier molecular flexibility index (Phi) is 6.17. The van der Waals surface area contributed by atoms with Crippen LogP contribution in [0, 0.1) is 17.2 Å². The van der Waals surface area contributed by atoms with Gasteiger partial charge in [-0.05, 0) is 89.2 Å². The second-order valence-electron chi connectivity index (χ2n) is 11.5. The van der Waals surface area contributed by atoms with E-state index in [9.17, 15) is 18.0 Å². The molecule has 1 saturated heterocycles. The van der Waals surface area contributed by atoms with Crippen LogP contribution < -0.4 is 10.0 Å². The normalized spacial score (nSPS) is 33.8. The first-order chi connectivity index (χ1) is 16.5. The Labute approximate surface area is 207 Å². The Morgan fingerprint density at radius 2 is 1.69 bits per heavy atom. The molecule has 0 radical (unpaired) electrons. The summed E-state index contributed by atoms with van der Waals surface area (Å²) in [5.74, 6) is 0.812. The summed E-state index contributed by atoms with van der Waals surface area (Å²) in [5.41, 5.74) is 0.274. The molecule has 5 aliphatic rings. The summed E-state index contributed by atoms with van der Waals surface area (Å²) in [6.07, 6.45) is 7.18. The van der Waals surface area contributed by atoms with Crippen molar-refractivity contribution in [2.45, 2.75) is 87.2 Å². The number of nitrogens with one attached hydrogen (secondary N) is 3. The number of Topliss-reactive ketones (excluding diaryl/α,β-unsaturated/α-hetero) is 1. The molecule has 0 aromatic heterocycles. The summed E-state index contributed by atoms with van der Waals surface area (Å²) < 4.78 is 29.8. The van der Waals surface area contributed by atoms with Crippen molar-refractivity contribution < 1.29 is 18.0 Å². The zero-order valence-corrected chi connectivity index (χ0v) is 21.4. The Morgan fingerprint density at radius 1 is 1.06 bits per heavy atom. The van der Waals surface area contributed by atoms with E-state index in [0.29, 0.717) is 36.1 Å². The number of ketones is 1. The van der Waals surface area contributed by atoms with E-state index in [1.54, 1.807) is 19.1 Å². The highest BCUT2D eigenvalue weighted by Gasteiger charge is 2.58. The maximum atomic E-state index is 13.3. The number of nitrogens with zero attached hydrogens (tertiary/aromatic N) is 1. The van der Waals surface area contributed by atoms with Crippen LogP contribution in [-0.4, -0.2) is 60.9 Å². The lowest BCUT2D eigenvalue weighted by Gasteiger charge is -2.62. The third-order valence-corrected chi connectivity index (χ3v) is 10.3. The molecule has 3 N–H and O–H groups in total. The average Bonchev–Trinajstić information content (AvgIpc) is 3.26. The summed E-state index contributed by atoms with van der Waals surface area (Å²) in [4.78, 5) is 26.6. The topological polar surface area (TPSA) is 119 Å². The summed E-state index contributed by atoms with van der Waals surface area (Å²) >= 11 is 0. The average molecular weight is 501 g/mol. The number of likely N-dealkylation sites (tertiary alicyclic amines) is 1. The predicted octanol–water partition coefficient (Wildman–Crippen LogP) is 2.88. The van der Waals surface area contributed by atoms with Crippen LogP contribution in [0.5, 0.6) is 0 Å². The molecule has 5 fully saturated rings. The van der Waals surface area contributed by atoms with Gasteiger partial charge in [0.2, 0.25) is 15.9 Å². The standard InChI is InChI=1S/C26H36N4O4S/c1-17(27)23-4-3-9-30(23)24(32)15-28-25-11-19-10-20(12-25)14-26(13-19,16-25)29-35(33,34)22-7-5-21(6-8-22)18(2)31/h5-8,19-20,23,27-29H,3-4,9-16H2,1-2H3/t19?,20?,23-,25?,26?/m0/s1. The molecule has 2 unspecified atom stereocenters. The Morgan fingerprint density at radius 3 is 2.29 bits per heavy atom. The maximum Gasteiger partial charge on any atom is 0.241 e. The molecule has 1 aliphatic heterocycles. The van der Waals surface area contributed by atoms with Crippen molar-refractivity contribution >= 4 is 27.4 Å². The van der Waals surface area contributed by atoms with E-state index in [4.69, 9.17) is 5.41 Å². The quantitative estimate of drug-likeness (QED) is 0.375. The van der Waals surface area contributed by atoms with Gasteiger partial charge in [0.1, 0.15) is 0 Å². The highest BCUT2D eigenvalue weighted by atomic mass is 32.2. The van der Waals surface area contributed by atoms with Crippen LogP contribution in [0.2, 0.25) is 0 Å². The second kappa shape index (κ2) is 8.78. The van der Waals surface area contributed by atoms with Gasteiger partial charge in [-0.1, -0.05) is 12.1 Å². The lowest BCUT2D eigenvalue weighted by molar-refractivity contribution is -0.131. The van der Waals surface area contributed by atoms with Gasteiger partial charge < -0.3 is 15.6 Å². The molecule has 3 atom stereocenters. The van der Waals surface area contributed by atoms with Crippen LogP contribution >= 0.6 is 0 Å². The fourth-order valence-electron chi connectivity index (χ4n) is 7.68. The molecule has 35 heavy (non-hydrogen) atoms. The van der Waals surface area contributed by atoms with Crippen LogP contribution in [0.3, 0.4) is 0 Å². The van der Waals surface area contributed by atoms with Crippen molar-refractivity contribution in [2.24, 2.45) is 11.8 Å². The number of benzene rings is 1. The van der Waals surface area contributed by atoms with Crippen molar-refractivity contribution in [1.82, 2.24) is 14.9 Å². The number of rotatable bonds is 8. The smallest absolute Gasteiger partial charge is 0.241 e. The van der Waals surface area contributed by atoms with E-state index < -0.39 is 15.6 Å². The van der Waals surface area contributed by atoms with Crippen molar-refractivity contribution in [3.05, 3.63) is 29.8 Å². The van der Waals surface area contributed by atoms with Gasteiger partial charge in [0.25, 0.3) is 0 Å². The van der Waals surface area contributed by atoms with Crippen LogP contribution in [0.25, 0.3) is 0 Å². The van der Waals surface area contributed by atoms with E-state index in [2.05, 4.69) is 10.0 Å². The van der Waals surface area contributed by atoms with Crippen molar-refractivity contribution in [3.8, 4) is 0 Å². The van der Waals surface area contributed by atoms with Crippen LogP contribution in [-0.2, 0) is 14.8 Å². The monoisotopic (exact) mass is 500 g/mol. The number of amides is 1. The first kappa shape index (κ1) is 24.6. The third kappa shape index (κ3) is 4.70. The number of hydrogen-bond donors (Lipinski definition) is 3. The highest BCUT2D eigenvalue weighted by molar-refractivity contribution is 7.89. The van der Waals surface area contributed by atoms with Gasteiger partial charge in [-0.3, -0.25) is 9.59 Å². The van der Waals surface area contributed by atoms with Crippen LogP contribution in [0.4, 0.5) is 0 Å². The van der Waals surface area contributed by atoms with E-state index in [0.717, 1.165) is 44.9 Å². The second-order valence-corrected chi connectivity index (χ2v) is 13.2. The SMILES string of the molecule is CC(=N)[C@@H]1CCCN1C(=O)CNC12CC3CC(C1)CC(NS(=O)(=O)c1ccc(C(C)=O)cc1)(C3)C2. The maximum absolute atomic E-state index is 13.3. The van der Waals surface area contributed by atoms with Gasteiger partial charge in [-0.25, -0.2) is 13.1 Å². The molecule has 4 aliphatic carbocycles. The summed E-state index contributed by atoms with van der Waals surface area (Å²) in [7, 11) is -3.74. The third-order valence-electron chi connectivity index (χ3n) is 8.67. The summed E-state index contributed by atoms with van der Waals surface area (Å²) in [6, 6.07) is 6.04. The molecule has 9 heteroatoms. The molecular formula is C26H36N4O4S. The molecule has 1 aromatic rings. The van der Waals surface area contributed by atoms with Gasteiger partial charge in [0.15, 0.2) is 5.78 Å². The van der Waals surface area contributed by atoms with Crippen molar-refractivity contribution in [3.63, 3.8) is 0 Å². The lowest BCUT2D eigenvalue weighted by Crippen LogP contribution is -2.69. The molecule has 1 amide bonds. The first-order valence-electron chi connectivity index (χ1n) is 12.7. The Balaban J connectivity index is 1.31. The number of carbonyl (C=O) groups is 2. The minimum atomic E-state index is -3.74. The zero-order chi connectivity index (χ0) is 25.0. The molecule has 4 saturated carbocycles. The van der Waals surface area contributed by atoms with E-state index in [-0.39, 0.29) is 34.7 Å². The molecule has 6 rings (SSSR count). The van der Waals surface area contributed by atoms with E-state index in [1.807, 2.05) is 4.90 Å². The van der Waals surface area contributed by atoms with Gasteiger partial charge in [-0.15, -0.1) is 0 Å². The van der Waals surface area contributed by atoms with Crippen LogP contribution in [0.15, 0.2) is 29.2 Å². The van der Waals surface area contributed by atoms with Gasteiger partial charge in [-0.2, -0.15) is 0 Å². The number of carbonyl (C=O) groups excluding carboxylic acids is 2. The number of hydrogen-bond acceptors (Lipinski definition) is 6. The molecular weight excluding hydrogens is 464 g/mol. The van der Waals surface area contributed by atoms with E-state index >= 15 is 0 Å². The summed E-state index contributed by atoms with van der Waals surface area (Å²) in [5, 5.41) is 11.6. The Bertz CT molecular complexity index is 1130. The van der Waals surface area contributed by atoms with Crippen molar-refractivity contribution in [1.29, 1.82) is 5.41 Å². The van der Waals surface area contributed by atoms with Gasteiger partial charge in [0, 0.05) is 28.9 Å². The fourth-order valence-corrected chi connectivity index (χ4v) is 9.10. The Hall–Kier alpha value is -2.10. The highest BCUT2D eigenvalue weighted by Crippen LogP contribution is 2.57. The van der Waals surface area contributed by atoms with Gasteiger partial charge in [0.05, 0.1) is 17.5 Å². The molecule has 1 aromatic carbocycles. The lowest BCUT2D eigenvalue weighted by atomic mass is 9.50. The molecule has 0 spiro atoms. The molecule has 190 valence electrons. The minimum absolute atomic E-state index is 0.0371. The fraction of sp³-hybridized carbons (Fsp3) is 0.654. The first-order valence-corrected chi connectivity index (χ1v) is 14.2. The minimum Gasteiger partial charge on any atom is -0.333 e. The molecule has 4 bridgehead atoms. The molecule has 1 heterocycles. The largest absolute Gasteiger partial charge is 0.333 e. The van der Waals surface area contributed by atoms with Crippen LogP contribution in [0.1, 0.15) is 75.6 Å². The summed E-state index contributed by atoms with van der Waals surface area (Å²) in [6.45, 7) is 4.17. The van der Waals surface area contributed by atoms with Gasteiger partial charge >= 0.3 is 0 Å².